The Bertz CT molecular complexity index is 836. The first kappa shape index (κ1) is 14.0. The van der Waals surface area contributed by atoms with Crippen molar-refractivity contribution in [3.63, 3.8) is 0 Å². The summed E-state index contributed by atoms with van der Waals surface area (Å²) >= 11 is 0. The van der Waals surface area contributed by atoms with Crippen LogP contribution in [0.25, 0.3) is 10.9 Å². The molecule has 6 heteroatoms. The van der Waals surface area contributed by atoms with Crippen LogP contribution in [0, 0.1) is 6.92 Å². The summed E-state index contributed by atoms with van der Waals surface area (Å²) in [7, 11) is 0. The number of aromatic amines is 2. The van der Waals surface area contributed by atoms with E-state index < -0.39 is 0 Å². The highest BCUT2D eigenvalue weighted by molar-refractivity contribution is 6.08. The van der Waals surface area contributed by atoms with Gasteiger partial charge in [0.2, 0.25) is 0 Å². The number of H-pyrrole nitrogens is 2. The zero-order valence-corrected chi connectivity index (χ0v) is 13.0. The van der Waals surface area contributed by atoms with Crippen LogP contribution in [0.1, 0.15) is 40.6 Å². The zero-order chi connectivity index (χ0) is 15.8. The van der Waals surface area contributed by atoms with Crippen LogP contribution in [0.3, 0.4) is 0 Å². The van der Waals surface area contributed by atoms with E-state index >= 15 is 0 Å². The van der Waals surface area contributed by atoms with Crippen molar-refractivity contribution in [3.8, 4) is 0 Å². The molecular weight excluding hydrogens is 290 g/mol. The van der Waals surface area contributed by atoms with Gasteiger partial charge in [0.15, 0.2) is 0 Å². The lowest BCUT2D eigenvalue weighted by atomic mass is 9.96. The number of aryl methyl sites for hydroxylation is 1. The van der Waals surface area contributed by atoms with Crippen LogP contribution in [-0.2, 0) is 0 Å². The number of carbonyl (C=O) groups excluding carboxylic acids is 1. The fourth-order valence-electron chi connectivity index (χ4n) is 3.51. The van der Waals surface area contributed by atoms with Gasteiger partial charge < -0.3 is 9.88 Å². The predicted molar refractivity (Wildman–Crippen MR) is 87.3 cm³/mol. The third-order valence-electron chi connectivity index (χ3n) is 4.64. The molecule has 2 N–H and O–H groups in total. The second-order valence-electron chi connectivity index (χ2n) is 6.13. The van der Waals surface area contributed by atoms with E-state index in [0.717, 1.165) is 47.4 Å². The Hall–Kier alpha value is -2.63. The van der Waals surface area contributed by atoms with E-state index in [1.54, 1.807) is 0 Å². The molecule has 6 nitrogen and oxygen atoms in total. The lowest BCUT2D eigenvalue weighted by molar-refractivity contribution is 0.0706. The van der Waals surface area contributed by atoms with Crippen LogP contribution in [0.15, 0.2) is 30.6 Å². The molecule has 4 rings (SSSR count). The van der Waals surface area contributed by atoms with E-state index in [1.807, 2.05) is 36.1 Å². The first-order valence-electron chi connectivity index (χ1n) is 7.96. The van der Waals surface area contributed by atoms with Crippen molar-refractivity contribution in [3.05, 3.63) is 47.7 Å². The molecule has 3 heterocycles. The summed E-state index contributed by atoms with van der Waals surface area (Å²) in [5, 5.41) is 7.86. The van der Waals surface area contributed by atoms with E-state index in [4.69, 9.17) is 0 Å². The van der Waals surface area contributed by atoms with Gasteiger partial charge in [0.1, 0.15) is 12.2 Å². The van der Waals surface area contributed by atoms with Gasteiger partial charge in [-0.15, -0.1) is 0 Å². The first-order chi connectivity index (χ1) is 11.2. The maximum atomic E-state index is 13.1. The molecule has 1 aliphatic heterocycles. The summed E-state index contributed by atoms with van der Waals surface area (Å²) in [5.74, 6) is 1.21. The van der Waals surface area contributed by atoms with E-state index in [-0.39, 0.29) is 11.8 Å². The van der Waals surface area contributed by atoms with Crippen molar-refractivity contribution in [1.29, 1.82) is 0 Å². The monoisotopic (exact) mass is 309 g/mol. The Kier molecular flexibility index (Phi) is 3.37. The molecule has 0 bridgehead atoms. The van der Waals surface area contributed by atoms with E-state index in [1.165, 1.54) is 6.33 Å². The predicted octanol–water partition coefficient (Wildman–Crippen LogP) is 2.61. The second-order valence-corrected chi connectivity index (χ2v) is 6.13. The van der Waals surface area contributed by atoms with Gasteiger partial charge in [0, 0.05) is 35.6 Å². The number of rotatable bonds is 2. The van der Waals surface area contributed by atoms with Gasteiger partial charge in [0.25, 0.3) is 5.91 Å². The minimum Gasteiger partial charge on any atom is -0.358 e. The average Bonchev–Trinajstić information content (AvgIpc) is 3.21. The van der Waals surface area contributed by atoms with E-state index in [9.17, 15) is 4.79 Å². The molecule has 3 aromatic rings. The van der Waals surface area contributed by atoms with Crippen molar-refractivity contribution in [2.24, 2.45) is 0 Å². The molecule has 1 aromatic carbocycles. The molecule has 0 radical (unpaired) electrons. The third-order valence-corrected chi connectivity index (χ3v) is 4.64. The number of nitrogens with one attached hydrogen (secondary N) is 2. The lowest BCUT2D eigenvalue weighted by Crippen LogP contribution is -2.39. The summed E-state index contributed by atoms with van der Waals surface area (Å²) < 4.78 is 0. The number of aromatic nitrogens is 4. The van der Waals surface area contributed by atoms with Crippen molar-refractivity contribution in [2.45, 2.75) is 25.7 Å². The van der Waals surface area contributed by atoms with E-state index in [2.05, 4.69) is 20.2 Å². The molecule has 1 fully saturated rings. The van der Waals surface area contributed by atoms with Gasteiger partial charge >= 0.3 is 0 Å². The van der Waals surface area contributed by atoms with Crippen molar-refractivity contribution >= 4 is 16.8 Å². The maximum Gasteiger partial charge on any atom is 0.256 e. The topological polar surface area (TPSA) is 77.7 Å². The number of hydrogen-bond acceptors (Lipinski definition) is 3. The molecule has 1 saturated heterocycles. The quantitative estimate of drug-likeness (QED) is 0.764. The average molecular weight is 309 g/mol. The highest BCUT2D eigenvalue weighted by Crippen LogP contribution is 2.28. The number of fused-ring (bicyclic) bond motifs is 1. The van der Waals surface area contributed by atoms with Crippen LogP contribution in [0.4, 0.5) is 0 Å². The van der Waals surface area contributed by atoms with Crippen molar-refractivity contribution in [1.82, 2.24) is 25.1 Å². The molecule has 2 aromatic heterocycles. The lowest BCUT2D eigenvalue weighted by Gasteiger charge is -2.31. The molecule has 0 saturated carbocycles. The minimum atomic E-state index is 0.101. The molecule has 1 unspecified atom stereocenters. The van der Waals surface area contributed by atoms with Crippen LogP contribution in [0.2, 0.25) is 0 Å². The number of carbonyl (C=O) groups is 1. The van der Waals surface area contributed by atoms with Gasteiger partial charge in [-0.25, -0.2) is 4.98 Å². The van der Waals surface area contributed by atoms with E-state index in [0.29, 0.717) is 6.54 Å². The Labute approximate surface area is 133 Å². The molecule has 0 spiro atoms. The number of nitrogens with zero attached hydrogens (tertiary/aromatic N) is 3. The normalized spacial score (nSPS) is 18.5. The zero-order valence-electron chi connectivity index (χ0n) is 13.0. The molecule has 1 atom stereocenters. The Morgan fingerprint density at radius 1 is 1.35 bits per heavy atom. The maximum absolute atomic E-state index is 13.1. The SMILES string of the molecule is Cc1[nH]c2ccccc2c1C(=O)N1CCCC(c2ncn[nH]2)C1. The molecule has 1 aliphatic rings. The smallest absolute Gasteiger partial charge is 0.256 e. The summed E-state index contributed by atoms with van der Waals surface area (Å²) in [6.07, 6.45) is 3.55. The summed E-state index contributed by atoms with van der Waals surface area (Å²) in [6.45, 7) is 3.44. The Morgan fingerprint density at radius 2 is 2.22 bits per heavy atom. The van der Waals surface area contributed by atoms with Crippen molar-refractivity contribution < 1.29 is 4.79 Å². The minimum absolute atomic E-state index is 0.101. The largest absolute Gasteiger partial charge is 0.358 e. The number of benzene rings is 1. The highest BCUT2D eigenvalue weighted by atomic mass is 16.2. The van der Waals surface area contributed by atoms with Crippen LogP contribution >= 0.6 is 0 Å². The van der Waals surface area contributed by atoms with Gasteiger partial charge in [-0.1, -0.05) is 18.2 Å². The third kappa shape index (κ3) is 2.40. The molecule has 1 amide bonds. The molecule has 23 heavy (non-hydrogen) atoms. The fourth-order valence-corrected chi connectivity index (χ4v) is 3.51. The van der Waals surface area contributed by atoms with Gasteiger partial charge in [-0.05, 0) is 25.8 Å². The molecule has 0 aliphatic carbocycles. The number of amides is 1. The van der Waals surface area contributed by atoms with Crippen LogP contribution in [-0.4, -0.2) is 44.1 Å². The fraction of sp³-hybridized carbons (Fsp3) is 0.353. The standard InChI is InChI=1S/C17H19N5O/c1-11-15(13-6-2-3-7-14(13)20-11)17(23)22-8-4-5-12(9-22)16-18-10-19-21-16/h2-3,6-7,10,12,20H,4-5,8-9H2,1H3,(H,18,19,21). The van der Waals surface area contributed by atoms with Gasteiger partial charge in [-0.3, -0.25) is 9.89 Å². The molecular formula is C17H19N5O. The summed E-state index contributed by atoms with van der Waals surface area (Å²) in [6, 6.07) is 7.96. The Morgan fingerprint density at radius 3 is 3.04 bits per heavy atom. The Balaban J connectivity index is 1.64. The first-order valence-corrected chi connectivity index (χ1v) is 7.96. The summed E-state index contributed by atoms with van der Waals surface area (Å²) in [5.41, 5.74) is 2.73. The molecule has 118 valence electrons. The number of piperidine rings is 1. The number of para-hydroxylation sites is 1. The number of hydrogen-bond donors (Lipinski definition) is 2. The van der Waals surface area contributed by atoms with Gasteiger partial charge in [0.05, 0.1) is 5.56 Å². The summed E-state index contributed by atoms with van der Waals surface area (Å²) in [4.78, 5) is 22.6. The van der Waals surface area contributed by atoms with Gasteiger partial charge in [-0.2, -0.15) is 5.10 Å². The number of likely N-dealkylation sites (tertiary alicyclic amines) is 1. The second kappa shape index (κ2) is 5.53. The van der Waals surface area contributed by atoms with Crippen LogP contribution in [0.5, 0.6) is 0 Å². The van der Waals surface area contributed by atoms with Crippen LogP contribution < -0.4 is 0 Å². The van der Waals surface area contributed by atoms with Crippen molar-refractivity contribution in [2.75, 3.05) is 13.1 Å². The highest BCUT2D eigenvalue weighted by Gasteiger charge is 2.29.